The van der Waals surface area contributed by atoms with E-state index in [-0.39, 0.29) is 5.91 Å². The van der Waals surface area contributed by atoms with Crippen molar-refractivity contribution in [3.8, 4) is 0 Å². The van der Waals surface area contributed by atoms with E-state index in [1.165, 1.54) is 12.8 Å². The first-order valence-electron chi connectivity index (χ1n) is 6.05. The van der Waals surface area contributed by atoms with Crippen LogP contribution in [0.1, 0.15) is 35.8 Å². The van der Waals surface area contributed by atoms with Gasteiger partial charge in [0, 0.05) is 25.8 Å². The monoisotopic (exact) mass is 233 g/mol. The van der Waals surface area contributed by atoms with Crippen LogP contribution in [-0.2, 0) is 6.54 Å². The normalized spacial score (nSPS) is 16.6. The van der Waals surface area contributed by atoms with E-state index in [1.54, 1.807) is 17.2 Å². The molecule has 1 atom stereocenters. The molecule has 0 aliphatic heterocycles. The lowest BCUT2D eigenvalue weighted by atomic mass is 10.1. The van der Waals surface area contributed by atoms with E-state index in [0.29, 0.717) is 24.2 Å². The number of carbonyl (C=O) groups is 1. The van der Waals surface area contributed by atoms with Gasteiger partial charge in [0.1, 0.15) is 5.69 Å². The second kappa shape index (κ2) is 4.84. The molecule has 0 spiro atoms. The Kier molecular flexibility index (Phi) is 3.43. The van der Waals surface area contributed by atoms with Gasteiger partial charge in [-0.2, -0.15) is 0 Å². The van der Waals surface area contributed by atoms with Gasteiger partial charge in [-0.05, 0) is 37.3 Å². The smallest absolute Gasteiger partial charge is 0.272 e. The van der Waals surface area contributed by atoms with Gasteiger partial charge in [-0.25, -0.2) is 0 Å². The molecule has 0 aromatic carbocycles. The summed E-state index contributed by atoms with van der Waals surface area (Å²) in [5.41, 5.74) is 6.94. The van der Waals surface area contributed by atoms with Crippen LogP contribution in [0.2, 0.25) is 0 Å². The fourth-order valence-corrected chi connectivity index (χ4v) is 1.93. The minimum atomic E-state index is -0.00651. The highest BCUT2D eigenvalue weighted by molar-refractivity contribution is 5.92. The number of nitrogens with two attached hydrogens (primary N) is 1. The third-order valence-electron chi connectivity index (χ3n) is 3.52. The summed E-state index contributed by atoms with van der Waals surface area (Å²) in [5.74, 6) is 0.667. The third kappa shape index (κ3) is 2.64. The standard InChI is InChI=1S/C13H19N3O/c1-9(11-4-5-11)16(2)13(17)12-6-3-10(7-14)8-15-12/h3,6,8-9,11H,4-5,7,14H2,1-2H3. The Hall–Kier alpha value is -1.42. The molecule has 1 aliphatic rings. The SMILES string of the molecule is CC(C1CC1)N(C)C(=O)c1ccc(CN)cn1. The predicted octanol–water partition coefficient (Wildman–Crippen LogP) is 1.41. The van der Waals surface area contributed by atoms with E-state index in [1.807, 2.05) is 13.1 Å². The molecule has 1 fully saturated rings. The molecule has 1 aliphatic carbocycles. The molecule has 17 heavy (non-hydrogen) atoms. The van der Waals surface area contributed by atoms with Crippen molar-refractivity contribution < 1.29 is 4.79 Å². The fraction of sp³-hybridized carbons (Fsp3) is 0.538. The molecule has 0 saturated heterocycles. The topological polar surface area (TPSA) is 59.2 Å². The number of amides is 1. The van der Waals surface area contributed by atoms with Crippen LogP contribution >= 0.6 is 0 Å². The van der Waals surface area contributed by atoms with Crippen molar-refractivity contribution in [3.63, 3.8) is 0 Å². The molecule has 2 rings (SSSR count). The zero-order chi connectivity index (χ0) is 12.4. The Labute approximate surface area is 102 Å². The van der Waals surface area contributed by atoms with Crippen molar-refractivity contribution in [3.05, 3.63) is 29.6 Å². The molecular formula is C13H19N3O. The first-order chi connectivity index (χ1) is 8.13. The number of aromatic nitrogens is 1. The van der Waals surface area contributed by atoms with Gasteiger partial charge in [-0.1, -0.05) is 6.07 Å². The molecule has 1 saturated carbocycles. The van der Waals surface area contributed by atoms with Gasteiger partial charge in [0.05, 0.1) is 0 Å². The minimum absolute atomic E-state index is 0.00651. The summed E-state index contributed by atoms with van der Waals surface area (Å²) in [6.45, 7) is 2.56. The summed E-state index contributed by atoms with van der Waals surface area (Å²) < 4.78 is 0. The van der Waals surface area contributed by atoms with Crippen molar-refractivity contribution in [1.82, 2.24) is 9.88 Å². The Bertz CT molecular complexity index is 398. The lowest BCUT2D eigenvalue weighted by Crippen LogP contribution is -2.36. The summed E-state index contributed by atoms with van der Waals surface area (Å²) >= 11 is 0. The molecule has 0 radical (unpaired) electrons. The van der Waals surface area contributed by atoms with Crippen molar-refractivity contribution in [1.29, 1.82) is 0 Å². The zero-order valence-corrected chi connectivity index (χ0v) is 10.4. The van der Waals surface area contributed by atoms with Crippen LogP contribution in [0.5, 0.6) is 0 Å². The average molecular weight is 233 g/mol. The van der Waals surface area contributed by atoms with Crippen molar-refractivity contribution in [2.75, 3.05) is 7.05 Å². The molecule has 1 unspecified atom stereocenters. The zero-order valence-electron chi connectivity index (χ0n) is 10.4. The maximum absolute atomic E-state index is 12.2. The number of hydrogen-bond donors (Lipinski definition) is 1. The van der Waals surface area contributed by atoms with Gasteiger partial charge >= 0.3 is 0 Å². The van der Waals surface area contributed by atoms with Crippen LogP contribution in [0, 0.1) is 5.92 Å². The van der Waals surface area contributed by atoms with E-state index in [2.05, 4.69) is 11.9 Å². The first-order valence-corrected chi connectivity index (χ1v) is 6.05. The Morgan fingerprint density at radius 2 is 2.29 bits per heavy atom. The lowest BCUT2D eigenvalue weighted by molar-refractivity contribution is 0.0721. The van der Waals surface area contributed by atoms with Crippen molar-refractivity contribution in [2.24, 2.45) is 11.7 Å². The minimum Gasteiger partial charge on any atom is -0.337 e. The van der Waals surface area contributed by atoms with Crippen LogP contribution in [0.3, 0.4) is 0 Å². The van der Waals surface area contributed by atoms with E-state index in [9.17, 15) is 4.79 Å². The summed E-state index contributed by atoms with van der Waals surface area (Å²) in [6, 6.07) is 3.91. The maximum atomic E-state index is 12.2. The van der Waals surface area contributed by atoms with Crippen molar-refractivity contribution in [2.45, 2.75) is 32.4 Å². The summed E-state index contributed by atoms with van der Waals surface area (Å²) in [7, 11) is 1.85. The highest BCUT2D eigenvalue weighted by atomic mass is 16.2. The summed E-state index contributed by atoms with van der Waals surface area (Å²) in [6.07, 6.45) is 4.14. The Morgan fingerprint density at radius 1 is 1.59 bits per heavy atom. The van der Waals surface area contributed by atoms with Crippen molar-refractivity contribution >= 4 is 5.91 Å². The van der Waals surface area contributed by atoms with Gasteiger partial charge in [-0.15, -0.1) is 0 Å². The van der Waals surface area contributed by atoms with E-state index < -0.39 is 0 Å². The second-order valence-corrected chi connectivity index (χ2v) is 4.75. The van der Waals surface area contributed by atoms with E-state index in [0.717, 1.165) is 5.56 Å². The quantitative estimate of drug-likeness (QED) is 0.855. The predicted molar refractivity (Wildman–Crippen MR) is 66.4 cm³/mol. The number of pyridine rings is 1. The van der Waals surface area contributed by atoms with Gasteiger partial charge in [0.25, 0.3) is 5.91 Å². The Balaban J connectivity index is 2.06. The molecule has 0 bridgehead atoms. The van der Waals surface area contributed by atoms with E-state index >= 15 is 0 Å². The summed E-state index contributed by atoms with van der Waals surface area (Å²) in [5, 5.41) is 0. The molecule has 1 amide bonds. The van der Waals surface area contributed by atoms with E-state index in [4.69, 9.17) is 5.73 Å². The first kappa shape index (κ1) is 12.0. The average Bonchev–Trinajstić information content (AvgIpc) is 3.20. The highest BCUT2D eigenvalue weighted by Gasteiger charge is 2.32. The Morgan fingerprint density at radius 3 is 2.76 bits per heavy atom. The van der Waals surface area contributed by atoms with Crippen LogP contribution in [0.4, 0.5) is 0 Å². The number of carbonyl (C=O) groups excluding carboxylic acids is 1. The largest absolute Gasteiger partial charge is 0.337 e. The number of rotatable bonds is 4. The molecule has 92 valence electrons. The van der Waals surface area contributed by atoms with Gasteiger partial charge in [-0.3, -0.25) is 9.78 Å². The van der Waals surface area contributed by atoms with Crippen LogP contribution < -0.4 is 5.73 Å². The molecule has 2 N–H and O–H groups in total. The molecule has 1 aromatic rings. The molecule has 1 aromatic heterocycles. The van der Waals surface area contributed by atoms with Gasteiger partial charge in [0.15, 0.2) is 0 Å². The van der Waals surface area contributed by atoms with Crippen LogP contribution in [-0.4, -0.2) is 28.9 Å². The number of hydrogen-bond acceptors (Lipinski definition) is 3. The second-order valence-electron chi connectivity index (χ2n) is 4.75. The third-order valence-corrected chi connectivity index (χ3v) is 3.52. The van der Waals surface area contributed by atoms with Crippen LogP contribution in [0.25, 0.3) is 0 Å². The summed E-state index contributed by atoms with van der Waals surface area (Å²) in [4.78, 5) is 18.1. The maximum Gasteiger partial charge on any atom is 0.272 e. The molecule has 1 heterocycles. The molecular weight excluding hydrogens is 214 g/mol. The number of nitrogens with zero attached hydrogens (tertiary/aromatic N) is 2. The highest BCUT2D eigenvalue weighted by Crippen LogP contribution is 2.34. The van der Waals surface area contributed by atoms with Gasteiger partial charge < -0.3 is 10.6 Å². The molecule has 4 nitrogen and oxygen atoms in total. The fourth-order valence-electron chi connectivity index (χ4n) is 1.93. The lowest BCUT2D eigenvalue weighted by Gasteiger charge is -2.24. The van der Waals surface area contributed by atoms with Gasteiger partial charge in [0.2, 0.25) is 0 Å². The molecule has 4 heteroatoms. The van der Waals surface area contributed by atoms with Crippen LogP contribution in [0.15, 0.2) is 18.3 Å².